The lowest BCUT2D eigenvalue weighted by molar-refractivity contribution is -0.144. The highest BCUT2D eigenvalue weighted by Crippen LogP contribution is 2.27. The molecule has 5 nitrogen and oxygen atoms in total. The number of hydrogen-bond donors (Lipinski definition) is 1. The molecule has 3 rings (SSSR count). The van der Waals surface area contributed by atoms with E-state index in [0.717, 1.165) is 10.1 Å². The van der Waals surface area contributed by atoms with Crippen LogP contribution in [-0.2, 0) is 12.6 Å². The average Bonchev–Trinajstić information content (AvgIpc) is 2.91. The van der Waals surface area contributed by atoms with Crippen LogP contribution < -0.4 is 5.32 Å². The highest BCUT2D eigenvalue weighted by Gasteiger charge is 2.36. The minimum absolute atomic E-state index is 0.132. The van der Waals surface area contributed by atoms with Gasteiger partial charge in [0.2, 0.25) is 0 Å². The molecule has 1 atom stereocenters. The Morgan fingerprint density at radius 3 is 2.64 bits per heavy atom. The zero-order valence-corrected chi connectivity index (χ0v) is 13.5. The predicted molar refractivity (Wildman–Crippen MR) is 83.7 cm³/mol. The summed E-state index contributed by atoms with van der Waals surface area (Å²) in [6.45, 7) is 3.50. The van der Waals surface area contributed by atoms with Gasteiger partial charge in [-0.05, 0) is 38.0 Å². The van der Waals surface area contributed by atoms with Crippen molar-refractivity contribution in [2.75, 3.05) is 5.32 Å². The first-order valence-electron chi connectivity index (χ1n) is 7.55. The molecule has 132 valence electrons. The molecule has 0 amide bonds. The number of nitrogens with one attached hydrogen (secondary N) is 1. The van der Waals surface area contributed by atoms with Crippen LogP contribution in [0.4, 0.5) is 23.4 Å². The van der Waals surface area contributed by atoms with Crippen molar-refractivity contribution in [2.24, 2.45) is 0 Å². The number of alkyl halides is 3. The summed E-state index contributed by atoms with van der Waals surface area (Å²) in [6.07, 6.45) is -4.16. The van der Waals surface area contributed by atoms with Gasteiger partial charge < -0.3 is 5.32 Å². The van der Waals surface area contributed by atoms with Crippen molar-refractivity contribution < 1.29 is 17.6 Å². The van der Waals surface area contributed by atoms with Crippen molar-refractivity contribution >= 4 is 11.6 Å². The third-order valence-corrected chi connectivity index (χ3v) is 3.52. The summed E-state index contributed by atoms with van der Waals surface area (Å²) in [5, 5.41) is 6.58. The van der Waals surface area contributed by atoms with E-state index in [1.54, 1.807) is 25.1 Å². The topological polar surface area (TPSA) is 55.1 Å². The second-order valence-electron chi connectivity index (χ2n) is 5.81. The Morgan fingerprint density at radius 1 is 1.20 bits per heavy atom. The van der Waals surface area contributed by atoms with Crippen molar-refractivity contribution in [1.82, 2.24) is 19.6 Å². The second kappa shape index (κ2) is 6.30. The monoisotopic (exact) mass is 353 g/mol. The molecule has 0 saturated carbocycles. The van der Waals surface area contributed by atoms with Crippen LogP contribution in [0.3, 0.4) is 0 Å². The van der Waals surface area contributed by atoms with Crippen LogP contribution >= 0.6 is 0 Å². The molecule has 0 fully saturated rings. The largest absolute Gasteiger partial charge is 0.453 e. The first-order valence-corrected chi connectivity index (χ1v) is 7.55. The highest BCUT2D eigenvalue weighted by atomic mass is 19.4. The maximum atomic E-state index is 13.3. The fraction of sp³-hybridized carbons (Fsp3) is 0.312. The molecule has 1 aromatic carbocycles. The molecule has 0 saturated heterocycles. The molecule has 1 N–H and O–H groups in total. The maximum Gasteiger partial charge on any atom is 0.453 e. The van der Waals surface area contributed by atoms with E-state index >= 15 is 0 Å². The lowest BCUT2D eigenvalue weighted by Gasteiger charge is -2.16. The van der Waals surface area contributed by atoms with Crippen molar-refractivity contribution in [3.8, 4) is 0 Å². The van der Waals surface area contributed by atoms with Gasteiger partial charge in [-0.3, -0.25) is 0 Å². The summed E-state index contributed by atoms with van der Waals surface area (Å²) in [5.74, 6) is -1.37. The average molecular weight is 353 g/mol. The van der Waals surface area contributed by atoms with Crippen molar-refractivity contribution in [3.05, 3.63) is 53.2 Å². The van der Waals surface area contributed by atoms with Gasteiger partial charge in [-0.2, -0.15) is 22.7 Å². The molecule has 0 aliphatic heterocycles. The number of benzene rings is 1. The van der Waals surface area contributed by atoms with E-state index in [0.29, 0.717) is 17.9 Å². The molecular formula is C16H15F4N5. The van der Waals surface area contributed by atoms with Crippen LogP contribution in [0.25, 0.3) is 5.78 Å². The van der Waals surface area contributed by atoms with Gasteiger partial charge in [-0.25, -0.2) is 9.37 Å². The molecular weight excluding hydrogens is 338 g/mol. The number of aromatic nitrogens is 4. The van der Waals surface area contributed by atoms with Gasteiger partial charge in [0.25, 0.3) is 11.6 Å². The number of nitrogens with zero attached hydrogens (tertiary/aromatic N) is 4. The number of hydrogen-bond acceptors (Lipinski definition) is 4. The van der Waals surface area contributed by atoms with Crippen LogP contribution in [0.5, 0.6) is 0 Å². The SMILES string of the molecule is Cc1cc(NC(C)Cc2cccc(F)c2)n2nc(C(F)(F)F)nc2n1. The van der Waals surface area contributed by atoms with E-state index in [4.69, 9.17) is 0 Å². The third kappa shape index (κ3) is 3.86. The molecule has 0 radical (unpaired) electrons. The number of halogens is 4. The molecule has 1 unspecified atom stereocenters. The molecule has 9 heteroatoms. The van der Waals surface area contributed by atoms with Gasteiger partial charge in [-0.1, -0.05) is 12.1 Å². The quantitative estimate of drug-likeness (QED) is 0.728. The summed E-state index contributed by atoms with van der Waals surface area (Å²) in [7, 11) is 0. The Balaban J connectivity index is 1.88. The van der Waals surface area contributed by atoms with Crippen LogP contribution in [-0.4, -0.2) is 25.6 Å². The Bertz CT molecular complexity index is 903. The molecule has 0 spiro atoms. The number of anilines is 1. The van der Waals surface area contributed by atoms with Crippen LogP contribution in [0, 0.1) is 12.7 Å². The number of rotatable bonds is 4. The van der Waals surface area contributed by atoms with Crippen LogP contribution in [0.15, 0.2) is 30.3 Å². The van der Waals surface area contributed by atoms with Gasteiger partial charge in [0.1, 0.15) is 11.6 Å². The van der Waals surface area contributed by atoms with Crippen LogP contribution in [0.1, 0.15) is 24.0 Å². The van der Waals surface area contributed by atoms with E-state index in [1.165, 1.54) is 12.1 Å². The molecule has 2 heterocycles. The maximum absolute atomic E-state index is 13.3. The van der Waals surface area contributed by atoms with Crippen molar-refractivity contribution in [3.63, 3.8) is 0 Å². The summed E-state index contributed by atoms with van der Waals surface area (Å²) in [6, 6.07) is 7.58. The lowest BCUT2D eigenvalue weighted by Crippen LogP contribution is -2.20. The Labute approximate surface area is 140 Å². The fourth-order valence-corrected chi connectivity index (χ4v) is 2.53. The molecule has 0 bridgehead atoms. The van der Waals surface area contributed by atoms with Gasteiger partial charge in [-0.15, -0.1) is 5.10 Å². The molecule has 0 aliphatic rings. The molecule has 3 aromatic rings. The molecule has 25 heavy (non-hydrogen) atoms. The predicted octanol–water partition coefficient (Wildman–Crippen LogP) is 3.63. The van der Waals surface area contributed by atoms with E-state index in [9.17, 15) is 17.6 Å². The highest BCUT2D eigenvalue weighted by molar-refractivity contribution is 5.46. The Kier molecular flexibility index (Phi) is 4.32. The Morgan fingerprint density at radius 2 is 1.96 bits per heavy atom. The number of aryl methyl sites for hydroxylation is 1. The summed E-state index contributed by atoms with van der Waals surface area (Å²) in [5.41, 5.74) is 1.28. The standard InChI is InChI=1S/C16H15F4N5/c1-9(6-11-4-3-5-12(17)8-11)21-13-7-10(2)22-15-23-14(16(18,19)20)24-25(13)15/h3-5,7-9,21H,6H2,1-2H3. The first kappa shape index (κ1) is 17.1. The lowest BCUT2D eigenvalue weighted by atomic mass is 10.1. The van der Waals surface area contributed by atoms with Gasteiger partial charge in [0.15, 0.2) is 0 Å². The smallest absolute Gasteiger partial charge is 0.367 e. The van der Waals surface area contributed by atoms with Crippen molar-refractivity contribution in [1.29, 1.82) is 0 Å². The van der Waals surface area contributed by atoms with Gasteiger partial charge >= 0.3 is 6.18 Å². The second-order valence-corrected chi connectivity index (χ2v) is 5.81. The van der Waals surface area contributed by atoms with Crippen LogP contribution in [0.2, 0.25) is 0 Å². The molecule has 2 aromatic heterocycles. The summed E-state index contributed by atoms with van der Waals surface area (Å²) < 4.78 is 52.8. The summed E-state index contributed by atoms with van der Waals surface area (Å²) >= 11 is 0. The first-order chi connectivity index (χ1) is 11.7. The Hall–Kier alpha value is -2.71. The third-order valence-electron chi connectivity index (χ3n) is 3.52. The fourth-order valence-electron chi connectivity index (χ4n) is 2.53. The minimum atomic E-state index is -4.65. The summed E-state index contributed by atoms with van der Waals surface area (Å²) in [4.78, 5) is 7.41. The number of fused-ring (bicyclic) bond motifs is 1. The van der Waals surface area contributed by atoms with E-state index < -0.39 is 12.0 Å². The molecule has 0 aliphatic carbocycles. The van der Waals surface area contributed by atoms with E-state index in [1.807, 2.05) is 6.92 Å². The zero-order chi connectivity index (χ0) is 18.2. The van der Waals surface area contributed by atoms with E-state index in [2.05, 4.69) is 20.4 Å². The van der Waals surface area contributed by atoms with Gasteiger partial charge in [0, 0.05) is 17.8 Å². The minimum Gasteiger partial charge on any atom is -0.367 e. The zero-order valence-electron chi connectivity index (χ0n) is 13.5. The van der Waals surface area contributed by atoms with E-state index in [-0.39, 0.29) is 17.6 Å². The van der Waals surface area contributed by atoms with Gasteiger partial charge in [0.05, 0.1) is 0 Å². The normalized spacial score (nSPS) is 13.2. The van der Waals surface area contributed by atoms with Crippen molar-refractivity contribution in [2.45, 2.75) is 32.5 Å².